The molecule has 0 amide bonds. The number of aliphatic hydroxyl groups is 1. The third-order valence-electron chi connectivity index (χ3n) is 3.06. The maximum absolute atomic E-state index is 13.0. The van der Waals surface area contributed by atoms with Crippen molar-refractivity contribution in [1.82, 2.24) is 9.97 Å². The van der Waals surface area contributed by atoms with Gasteiger partial charge in [-0.05, 0) is 24.6 Å². The normalized spacial score (nSPS) is 12.0. The number of nitrogens with zero attached hydrogens (tertiary/aromatic N) is 2. The number of nitrogens with one attached hydrogen (secondary N) is 2. The third-order valence-corrected chi connectivity index (χ3v) is 3.36. The Morgan fingerprint density at radius 1 is 1.07 bits per heavy atom. The molecule has 0 bridgehead atoms. The molecule has 0 aliphatic rings. The summed E-state index contributed by atoms with van der Waals surface area (Å²) in [6.45, 7) is -0.0472. The largest absolute Gasteiger partial charge is 0.573 e. The highest BCUT2D eigenvalue weighted by atomic mass is 35.5. The Kier molecular flexibility index (Phi) is 6.77. The molecule has 0 unspecified atom stereocenters. The van der Waals surface area contributed by atoms with Crippen LogP contribution in [0.3, 0.4) is 0 Å². The summed E-state index contributed by atoms with van der Waals surface area (Å²) in [6, 6.07) is 3.70. The number of anilines is 3. The Morgan fingerprint density at radius 3 is 2.36 bits per heavy atom. The number of rotatable bonds is 7. The minimum atomic E-state index is -4.94. The number of hydrogen-bond donors (Lipinski definition) is 3. The van der Waals surface area contributed by atoms with E-state index in [9.17, 15) is 26.3 Å². The fourth-order valence-corrected chi connectivity index (χ4v) is 2.17. The quantitative estimate of drug-likeness (QED) is 0.440. The molecule has 0 saturated carbocycles. The highest BCUT2D eigenvalue weighted by Gasteiger charge is 2.34. The molecule has 0 atom stereocenters. The summed E-state index contributed by atoms with van der Waals surface area (Å²) in [5, 5.41) is 13.4. The minimum Gasteiger partial charge on any atom is -0.404 e. The number of aromatic nitrogens is 2. The van der Waals surface area contributed by atoms with E-state index >= 15 is 0 Å². The van der Waals surface area contributed by atoms with Crippen molar-refractivity contribution in [2.75, 3.05) is 23.8 Å². The molecule has 6 nitrogen and oxygen atoms in total. The molecule has 0 spiro atoms. The minimum absolute atomic E-state index is 0.0765. The fourth-order valence-electron chi connectivity index (χ4n) is 1.95. The first-order valence-corrected chi connectivity index (χ1v) is 7.99. The Balaban J connectivity index is 2.26. The molecule has 0 fully saturated rings. The van der Waals surface area contributed by atoms with Gasteiger partial charge in [0.05, 0.1) is 5.02 Å². The lowest BCUT2D eigenvalue weighted by molar-refractivity contribution is -0.274. The lowest BCUT2D eigenvalue weighted by Gasteiger charge is -2.14. The summed E-state index contributed by atoms with van der Waals surface area (Å²) >= 11 is 5.71. The van der Waals surface area contributed by atoms with Crippen LogP contribution in [-0.2, 0) is 6.18 Å². The van der Waals surface area contributed by atoms with Crippen molar-refractivity contribution in [1.29, 1.82) is 0 Å². The molecule has 1 aromatic carbocycles. The molecule has 1 heterocycles. The molecule has 0 saturated heterocycles. The molecule has 0 aliphatic carbocycles. The second-order valence-electron chi connectivity index (χ2n) is 5.28. The number of aliphatic hydroxyl groups excluding tert-OH is 1. The maximum atomic E-state index is 13.0. The predicted molar refractivity (Wildman–Crippen MR) is 88.6 cm³/mol. The first-order valence-electron chi connectivity index (χ1n) is 7.61. The van der Waals surface area contributed by atoms with Crippen molar-refractivity contribution < 1.29 is 36.2 Å². The Morgan fingerprint density at radius 2 is 1.79 bits per heavy atom. The van der Waals surface area contributed by atoms with Gasteiger partial charge in [-0.25, -0.2) is 4.98 Å². The van der Waals surface area contributed by atoms with Crippen LogP contribution in [0.1, 0.15) is 12.1 Å². The van der Waals surface area contributed by atoms with Crippen LogP contribution in [0.5, 0.6) is 5.75 Å². The van der Waals surface area contributed by atoms with Crippen LogP contribution in [0.25, 0.3) is 0 Å². The second kappa shape index (κ2) is 8.69. The van der Waals surface area contributed by atoms with Crippen molar-refractivity contribution in [3.05, 3.63) is 35.0 Å². The van der Waals surface area contributed by atoms with Crippen LogP contribution in [0.2, 0.25) is 5.02 Å². The highest BCUT2D eigenvalue weighted by molar-refractivity contribution is 6.32. The second-order valence-corrected chi connectivity index (χ2v) is 5.69. The molecule has 2 aromatic rings. The van der Waals surface area contributed by atoms with Gasteiger partial charge in [-0.1, -0.05) is 11.6 Å². The Hall–Kier alpha value is -2.47. The van der Waals surface area contributed by atoms with E-state index < -0.39 is 29.0 Å². The summed E-state index contributed by atoms with van der Waals surface area (Å²) in [7, 11) is 0. The zero-order chi connectivity index (χ0) is 20.9. The van der Waals surface area contributed by atoms with Crippen LogP contribution in [0.4, 0.5) is 43.8 Å². The molecule has 1 aromatic heterocycles. The van der Waals surface area contributed by atoms with Crippen molar-refractivity contribution >= 4 is 29.1 Å². The van der Waals surface area contributed by atoms with Crippen molar-refractivity contribution in [2.24, 2.45) is 0 Å². The van der Waals surface area contributed by atoms with E-state index in [0.29, 0.717) is 6.07 Å². The summed E-state index contributed by atoms with van der Waals surface area (Å²) in [5.74, 6) is -1.27. The first kappa shape index (κ1) is 21.8. The lowest BCUT2D eigenvalue weighted by Crippen LogP contribution is -2.17. The van der Waals surface area contributed by atoms with Crippen LogP contribution < -0.4 is 15.4 Å². The van der Waals surface area contributed by atoms with E-state index in [0.717, 1.165) is 18.2 Å². The number of hydrogen-bond acceptors (Lipinski definition) is 6. The van der Waals surface area contributed by atoms with Gasteiger partial charge in [-0.3, -0.25) is 0 Å². The predicted octanol–water partition coefficient (Wildman–Crippen LogP) is 4.59. The van der Waals surface area contributed by atoms with E-state index in [1.165, 1.54) is 0 Å². The molecule has 13 heteroatoms. The van der Waals surface area contributed by atoms with Gasteiger partial charge in [-0.15, -0.1) is 13.2 Å². The third kappa shape index (κ3) is 6.60. The Labute approximate surface area is 159 Å². The van der Waals surface area contributed by atoms with Crippen molar-refractivity contribution in [2.45, 2.75) is 19.0 Å². The first-order chi connectivity index (χ1) is 13.0. The highest BCUT2D eigenvalue weighted by Crippen LogP contribution is 2.34. The monoisotopic (exact) mass is 430 g/mol. The van der Waals surface area contributed by atoms with Crippen LogP contribution >= 0.6 is 11.6 Å². The van der Waals surface area contributed by atoms with Gasteiger partial charge in [0, 0.05) is 24.9 Å². The number of alkyl halides is 6. The van der Waals surface area contributed by atoms with E-state index in [1.807, 2.05) is 0 Å². The number of halogens is 7. The summed E-state index contributed by atoms with van der Waals surface area (Å²) in [5.41, 5.74) is -1.16. The summed E-state index contributed by atoms with van der Waals surface area (Å²) in [4.78, 5) is 7.21. The SMILES string of the molecule is OCCCNc1nc(Nc2ccc(OC(F)(F)F)c(Cl)c2)cc(C(F)(F)F)n1. The molecule has 154 valence electrons. The standard InChI is InChI=1S/C15H13ClF6N4O2/c16-9-6-8(2-3-10(9)28-15(20,21)22)24-12-7-11(14(17,18)19)25-13(26-12)23-4-1-5-27/h2-3,6-7,27H,1,4-5H2,(H2,23,24,25,26). The fraction of sp³-hybridized carbons (Fsp3) is 0.333. The summed E-state index contributed by atoms with van der Waals surface area (Å²) in [6.07, 6.45) is -9.44. The average Bonchev–Trinajstić information content (AvgIpc) is 2.56. The van der Waals surface area contributed by atoms with Crippen LogP contribution in [0.15, 0.2) is 24.3 Å². The molecule has 0 aliphatic heterocycles. The van der Waals surface area contributed by atoms with Gasteiger partial charge < -0.3 is 20.5 Å². The molecule has 0 radical (unpaired) electrons. The zero-order valence-corrected chi connectivity index (χ0v) is 14.6. The van der Waals surface area contributed by atoms with Crippen LogP contribution in [-0.4, -0.2) is 34.6 Å². The van der Waals surface area contributed by atoms with Gasteiger partial charge in [0.15, 0.2) is 5.69 Å². The van der Waals surface area contributed by atoms with E-state index in [4.69, 9.17) is 16.7 Å². The molecular weight excluding hydrogens is 418 g/mol. The van der Waals surface area contributed by atoms with E-state index in [1.54, 1.807) is 0 Å². The van der Waals surface area contributed by atoms with E-state index in [2.05, 4.69) is 25.3 Å². The zero-order valence-electron chi connectivity index (χ0n) is 13.8. The molecular formula is C15H13ClF6N4O2. The van der Waals surface area contributed by atoms with Crippen LogP contribution in [0, 0.1) is 0 Å². The number of benzene rings is 1. The van der Waals surface area contributed by atoms with Gasteiger partial charge >= 0.3 is 12.5 Å². The van der Waals surface area contributed by atoms with Gasteiger partial charge in [-0.2, -0.15) is 18.2 Å². The van der Waals surface area contributed by atoms with Gasteiger partial charge in [0.2, 0.25) is 5.95 Å². The van der Waals surface area contributed by atoms with Crippen molar-refractivity contribution in [3.8, 4) is 5.75 Å². The molecule has 28 heavy (non-hydrogen) atoms. The topological polar surface area (TPSA) is 79.3 Å². The van der Waals surface area contributed by atoms with Gasteiger partial charge in [0.1, 0.15) is 11.6 Å². The maximum Gasteiger partial charge on any atom is 0.573 e. The average molecular weight is 431 g/mol. The number of ether oxygens (including phenoxy) is 1. The van der Waals surface area contributed by atoms with Gasteiger partial charge in [0.25, 0.3) is 0 Å². The molecule has 3 N–H and O–H groups in total. The summed E-state index contributed by atoms with van der Waals surface area (Å²) < 4.78 is 79.5. The van der Waals surface area contributed by atoms with Crippen molar-refractivity contribution in [3.63, 3.8) is 0 Å². The Bertz CT molecular complexity index is 816. The molecule has 2 rings (SSSR count). The lowest BCUT2D eigenvalue weighted by atomic mass is 10.3. The smallest absolute Gasteiger partial charge is 0.404 e. The van der Waals surface area contributed by atoms with E-state index in [-0.39, 0.29) is 37.0 Å².